The number of carbonyl (C=O) groups excluding carboxylic acids is 2. The quantitative estimate of drug-likeness (QED) is 0.541. The second-order valence-corrected chi connectivity index (χ2v) is 6.24. The fraction of sp³-hybridized carbons (Fsp3) is 0.0588. The van der Waals surface area contributed by atoms with Crippen molar-refractivity contribution in [2.75, 3.05) is 10.6 Å². The van der Waals surface area contributed by atoms with Crippen molar-refractivity contribution in [3.63, 3.8) is 0 Å². The number of carbonyl (C=O) groups is 2. The van der Waals surface area contributed by atoms with Gasteiger partial charge in [0.1, 0.15) is 0 Å². The van der Waals surface area contributed by atoms with Gasteiger partial charge in [0.2, 0.25) is 11.7 Å². The van der Waals surface area contributed by atoms with Crippen LogP contribution in [0.3, 0.4) is 0 Å². The fourth-order valence-electron chi connectivity index (χ4n) is 2.26. The molecule has 1 N–H and O–H groups in total. The molecule has 3 aromatic rings. The van der Waals surface area contributed by atoms with E-state index in [1.54, 1.807) is 6.07 Å². The number of thiophene rings is 1. The average molecular weight is 374 g/mol. The SMILES string of the molecule is O=C(CBr)Nc1cc2ccccc2cc1C(=O)c1cccs1. The van der Waals surface area contributed by atoms with Gasteiger partial charge in [-0.1, -0.05) is 46.3 Å². The van der Waals surface area contributed by atoms with Crippen molar-refractivity contribution in [2.24, 2.45) is 0 Å². The lowest BCUT2D eigenvalue weighted by atomic mass is 10.0. The van der Waals surface area contributed by atoms with Crippen molar-refractivity contribution in [3.8, 4) is 0 Å². The number of fused-ring (bicyclic) bond motifs is 1. The number of nitrogens with one attached hydrogen (secondary N) is 1. The number of benzene rings is 2. The number of ketones is 1. The summed E-state index contributed by atoms with van der Waals surface area (Å²) in [5.41, 5.74) is 1.05. The Balaban J connectivity index is 2.14. The Bertz CT molecular complexity index is 843. The van der Waals surface area contributed by atoms with Gasteiger partial charge in [-0.2, -0.15) is 0 Å². The molecule has 3 rings (SSSR count). The summed E-state index contributed by atoms with van der Waals surface area (Å²) in [6.07, 6.45) is 0. The van der Waals surface area contributed by atoms with Crippen molar-refractivity contribution in [3.05, 3.63) is 64.4 Å². The van der Waals surface area contributed by atoms with E-state index in [0.29, 0.717) is 16.1 Å². The van der Waals surface area contributed by atoms with Crippen LogP contribution in [0.5, 0.6) is 0 Å². The zero-order valence-electron chi connectivity index (χ0n) is 11.5. The molecule has 0 aliphatic heterocycles. The number of halogens is 1. The van der Waals surface area contributed by atoms with Crippen LogP contribution in [0.25, 0.3) is 10.8 Å². The summed E-state index contributed by atoms with van der Waals surface area (Å²) in [6.45, 7) is 0. The van der Waals surface area contributed by atoms with Gasteiger partial charge in [0.25, 0.3) is 0 Å². The molecule has 2 aromatic carbocycles. The van der Waals surface area contributed by atoms with Crippen LogP contribution in [0.4, 0.5) is 5.69 Å². The van der Waals surface area contributed by atoms with Crippen molar-refractivity contribution in [1.29, 1.82) is 0 Å². The topological polar surface area (TPSA) is 46.2 Å². The smallest absolute Gasteiger partial charge is 0.235 e. The molecule has 110 valence electrons. The first-order valence-corrected chi connectivity index (χ1v) is 8.66. The molecule has 0 aliphatic rings. The van der Waals surface area contributed by atoms with Crippen molar-refractivity contribution in [2.45, 2.75) is 0 Å². The van der Waals surface area contributed by atoms with Crippen LogP contribution in [-0.4, -0.2) is 17.0 Å². The van der Waals surface area contributed by atoms with Gasteiger partial charge in [-0.15, -0.1) is 11.3 Å². The number of rotatable bonds is 4. The van der Waals surface area contributed by atoms with Crippen LogP contribution >= 0.6 is 27.3 Å². The maximum Gasteiger partial charge on any atom is 0.235 e. The molecule has 0 radical (unpaired) electrons. The maximum atomic E-state index is 12.7. The van der Waals surface area contributed by atoms with Crippen molar-refractivity contribution >= 4 is 55.4 Å². The Morgan fingerprint density at radius 3 is 2.41 bits per heavy atom. The lowest BCUT2D eigenvalue weighted by Crippen LogP contribution is -2.15. The normalized spacial score (nSPS) is 10.6. The first kappa shape index (κ1) is 14.9. The van der Waals surface area contributed by atoms with Crippen LogP contribution in [0, 0.1) is 0 Å². The largest absolute Gasteiger partial charge is 0.325 e. The first-order chi connectivity index (χ1) is 10.7. The first-order valence-electron chi connectivity index (χ1n) is 6.66. The summed E-state index contributed by atoms with van der Waals surface area (Å²) in [4.78, 5) is 25.1. The van der Waals surface area contributed by atoms with E-state index in [1.165, 1.54) is 11.3 Å². The highest BCUT2D eigenvalue weighted by Gasteiger charge is 2.17. The van der Waals surface area contributed by atoms with E-state index in [1.807, 2.05) is 47.8 Å². The minimum absolute atomic E-state index is 0.0781. The number of hydrogen-bond acceptors (Lipinski definition) is 3. The van der Waals surface area contributed by atoms with Gasteiger partial charge in [-0.3, -0.25) is 9.59 Å². The van der Waals surface area contributed by atoms with Crippen LogP contribution in [-0.2, 0) is 4.79 Å². The zero-order valence-corrected chi connectivity index (χ0v) is 13.9. The molecule has 0 spiro atoms. The maximum absolute atomic E-state index is 12.7. The van der Waals surface area contributed by atoms with E-state index in [2.05, 4.69) is 21.2 Å². The molecule has 1 aromatic heterocycles. The van der Waals surface area contributed by atoms with E-state index in [-0.39, 0.29) is 17.0 Å². The van der Waals surface area contributed by atoms with Gasteiger partial charge in [-0.05, 0) is 34.4 Å². The summed E-state index contributed by atoms with van der Waals surface area (Å²) >= 11 is 4.52. The van der Waals surface area contributed by atoms with Crippen LogP contribution in [0.2, 0.25) is 0 Å². The number of hydrogen-bond donors (Lipinski definition) is 1. The van der Waals surface area contributed by atoms with E-state index >= 15 is 0 Å². The standard InChI is InChI=1S/C17H12BrNO2S/c18-10-16(20)19-14-9-12-5-2-1-4-11(12)8-13(14)17(21)15-6-3-7-22-15/h1-9H,10H2,(H,19,20). The lowest BCUT2D eigenvalue weighted by Gasteiger charge is -2.11. The van der Waals surface area contributed by atoms with Gasteiger partial charge in [0.15, 0.2) is 0 Å². The molecule has 0 unspecified atom stereocenters. The Morgan fingerprint density at radius 2 is 1.77 bits per heavy atom. The molecular weight excluding hydrogens is 362 g/mol. The third-order valence-corrected chi connectivity index (χ3v) is 4.65. The summed E-state index contributed by atoms with van der Waals surface area (Å²) in [5.74, 6) is -0.263. The molecule has 3 nitrogen and oxygen atoms in total. The van der Waals surface area contributed by atoms with Crippen molar-refractivity contribution in [1.82, 2.24) is 0 Å². The van der Waals surface area contributed by atoms with Gasteiger partial charge < -0.3 is 5.32 Å². The van der Waals surface area contributed by atoms with Gasteiger partial charge >= 0.3 is 0 Å². The van der Waals surface area contributed by atoms with Crippen LogP contribution < -0.4 is 5.32 Å². The fourth-order valence-corrected chi connectivity index (χ4v) is 3.07. The van der Waals surface area contributed by atoms with E-state index in [9.17, 15) is 9.59 Å². The van der Waals surface area contributed by atoms with Gasteiger partial charge in [0, 0.05) is 5.56 Å². The Kier molecular flexibility index (Phi) is 4.36. The Hall–Kier alpha value is -1.98. The second kappa shape index (κ2) is 6.42. The van der Waals surface area contributed by atoms with Gasteiger partial charge in [0.05, 0.1) is 15.9 Å². The highest BCUT2D eigenvalue weighted by Crippen LogP contribution is 2.27. The molecular formula is C17H12BrNO2S. The third kappa shape index (κ3) is 2.96. The zero-order chi connectivity index (χ0) is 15.5. The van der Waals surface area contributed by atoms with E-state index in [4.69, 9.17) is 0 Å². The second-order valence-electron chi connectivity index (χ2n) is 4.73. The minimum atomic E-state index is -0.185. The monoisotopic (exact) mass is 373 g/mol. The molecule has 0 atom stereocenters. The molecule has 0 saturated heterocycles. The van der Waals surface area contributed by atoms with E-state index in [0.717, 1.165) is 10.8 Å². The number of amides is 1. The minimum Gasteiger partial charge on any atom is -0.325 e. The van der Waals surface area contributed by atoms with Crippen LogP contribution in [0.1, 0.15) is 15.2 Å². The predicted octanol–water partition coefficient (Wildman–Crippen LogP) is 4.47. The van der Waals surface area contributed by atoms with Crippen LogP contribution in [0.15, 0.2) is 53.9 Å². The highest BCUT2D eigenvalue weighted by atomic mass is 79.9. The lowest BCUT2D eigenvalue weighted by molar-refractivity contribution is -0.113. The Labute approximate surface area is 140 Å². The number of anilines is 1. The average Bonchev–Trinajstić information content (AvgIpc) is 3.08. The summed E-state index contributed by atoms with van der Waals surface area (Å²) in [5, 5.41) is 6.80. The highest BCUT2D eigenvalue weighted by molar-refractivity contribution is 9.09. The predicted molar refractivity (Wildman–Crippen MR) is 94.1 cm³/mol. The number of alkyl halides is 1. The van der Waals surface area contributed by atoms with Gasteiger partial charge in [-0.25, -0.2) is 0 Å². The summed E-state index contributed by atoms with van der Waals surface area (Å²) in [6, 6.07) is 15.1. The molecule has 1 heterocycles. The summed E-state index contributed by atoms with van der Waals surface area (Å²) < 4.78 is 0. The molecule has 22 heavy (non-hydrogen) atoms. The molecule has 1 amide bonds. The third-order valence-electron chi connectivity index (χ3n) is 3.27. The molecule has 5 heteroatoms. The van der Waals surface area contributed by atoms with E-state index < -0.39 is 0 Å². The summed E-state index contributed by atoms with van der Waals surface area (Å²) in [7, 11) is 0. The molecule has 0 fully saturated rings. The Morgan fingerprint density at radius 1 is 1.05 bits per heavy atom. The molecule has 0 bridgehead atoms. The molecule has 0 aliphatic carbocycles. The molecule has 0 saturated carbocycles. The van der Waals surface area contributed by atoms with Crippen molar-refractivity contribution < 1.29 is 9.59 Å².